The monoisotopic (exact) mass is 920 g/mol. The standard InChI is InChI=1S/C57H60O11/c1-3-15-45-38-51(67-56(60)46-19-17-43-36-49(27-23-41(43)34-46)63-32-13-9-10-14-33-64-54(58)4-2)29-30-53(45)68-57(61)47-20-18-44-37-50(28-24-42(44)35-47)66-55(59)40-21-25-48(26-22-40)62-31-12-8-6-5-7-11-16-52-39-65-52/h4,17-30,34-38,52H,2-3,5-16,31-33,39H2,1H3. The highest BCUT2D eigenvalue weighted by molar-refractivity contribution is 5.98. The summed E-state index contributed by atoms with van der Waals surface area (Å²) < 4.78 is 39.5. The third-order valence-corrected chi connectivity index (χ3v) is 11.7. The van der Waals surface area contributed by atoms with E-state index in [1.165, 1.54) is 38.2 Å². The first-order valence-corrected chi connectivity index (χ1v) is 23.9. The molecule has 11 heteroatoms. The Kier molecular flexibility index (Phi) is 18.2. The van der Waals surface area contributed by atoms with Gasteiger partial charge in [-0.25, -0.2) is 19.2 Å². The third-order valence-electron chi connectivity index (χ3n) is 11.7. The number of carbonyl (C=O) groups is 4. The van der Waals surface area contributed by atoms with E-state index in [0.717, 1.165) is 90.2 Å². The maximum absolute atomic E-state index is 13.5. The fourth-order valence-corrected chi connectivity index (χ4v) is 7.80. The fourth-order valence-electron chi connectivity index (χ4n) is 7.80. The molecule has 354 valence electrons. The highest BCUT2D eigenvalue weighted by Gasteiger charge is 2.21. The number of aryl methyl sites for hydroxylation is 1. The largest absolute Gasteiger partial charge is 0.494 e. The summed E-state index contributed by atoms with van der Waals surface area (Å²) in [4.78, 5) is 50.9. The van der Waals surface area contributed by atoms with Gasteiger partial charge in [0.05, 0.1) is 49.2 Å². The van der Waals surface area contributed by atoms with Crippen molar-refractivity contribution in [2.24, 2.45) is 0 Å². The van der Waals surface area contributed by atoms with Crippen LogP contribution in [0.25, 0.3) is 21.5 Å². The minimum Gasteiger partial charge on any atom is -0.494 e. The van der Waals surface area contributed by atoms with Gasteiger partial charge in [-0.3, -0.25) is 0 Å². The summed E-state index contributed by atoms with van der Waals surface area (Å²) in [7, 11) is 0. The second-order valence-electron chi connectivity index (χ2n) is 17.0. The molecule has 68 heavy (non-hydrogen) atoms. The number of rotatable bonds is 27. The van der Waals surface area contributed by atoms with E-state index in [-0.39, 0.29) is 0 Å². The van der Waals surface area contributed by atoms with Crippen LogP contribution >= 0.6 is 0 Å². The number of benzene rings is 6. The van der Waals surface area contributed by atoms with Crippen molar-refractivity contribution in [1.82, 2.24) is 0 Å². The van der Waals surface area contributed by atoms with Gasteiger partial charge in [0.15, 0.2) is 0 Å². The van der Waals surface area contributed by atoms with Gasteiger partial charge < -0.3 is 33.2 Å². The lowest BCUT2D eigenvalue weighted by atomic mass is 10.1. The van der Waals surface area contributed by atoms with Crippen LogP contribution < -0.4 is 23.7 Å². The molecule has 0 bridgehead atoms. The van der Waals surface area contributed by atoms with Crippen LogP contribution in [0.15, 0.2) is 128 Å². The molecule has 1 unspecified atom stereocenters. The molecule has 0 radical (unpaired) electrons. The number of hydrogen-bond acceptors (Lipinski definition) is 11. The number of unbranched alkanes of at least 4 members (excludes halogenated alkanes) is 8. The van der Waals surface area contributed by atoms with Crippen molar-refractivity contribution in [1.29, 1.82) is 0 Å². The first kappa shape index (κ1) is 48.9. The average molecular weight is 921 g/mol. The lowest BCUT2D eigenvalue weighted by molar-refractivity contribution is -0.137. The number of fused-ring (bicyclic) bond motifs is 2. The molecule has 1 atom stereocenters. The molecular formula is C57H60O11. The molecule has 6 aromatic carbocycles. The summed E-state index contributed by atoms with van der Waals surface area (Å²) in [6, 6.07) is 33.5. The van der Waals surface area contributed by atoms with Crippen molar-refractivity contribution in [3.05, 3.63) is 150 Å². The zero-order valence-corrected chi connectivity index (χ0v) is 38.8. The Bertz CT molecular complexity index is 2670. The van der Waals surface area contributed by atoms with Crippen LogP contribution in [-0.2, 0) is 20.7 Å². The Balaban J connectivity index is 0.862. The van der Waals surface area contributed by atoms with Gasteiger partial charge >= 0.3 is 23.9 Å². The maximum atomic E-state index is 13.5. The first-order valence-electron chi connectivity index (χ1n) is 23.9. The van der Waals surface area contributed by atoms with E-state index < -0.39 is 23.9 Å². The summed E-state index contributed by atoms with van der Waals surface area (Å²) in [6.07, 6.45) is 14.9. The summed E-state index contributed by atoms with van der Waals surface area (Å²) in [6.45, 7) is 7.95. The van der Waals surface area contributed by atoms with E-state index in [1.54, 1.807) is 91.0 Å². The van der Waals surface area contributed by atoms with Crippen molar-refractivity contribution in [3.63, 3.8) is 0 Å². The van der Waals surface area contributed by atoms with E-state index >= 15 is 0 Å². The van der Waals surface area contributed by atoms with Gasteiger partial charge in [-0.1, -0.05) is 76.3 Å². The molecule has 0 saturated carbocycles. The minimum absolute atomic E-state index is 0.339. The fraction of sp³-hybridized carbons (Fsp3) is 0.333. The molecule has 1 aliphatic heterocycles. The van der Waals surface area contributed by atoms with E-state index in [4.69, 9.17) is 33.2 Å². The number of hydrogen-bond donors (Lipinski definition) is 0. The molecule has 1 fully saturated rings. The predicted octanol–water partition coefficient (Wildman–Crippen LogP) is 12.8. The van der Waals surface area contributed by atoms with Crippen LogP contribution in [0, 0.1) is 0 Å². The van der Waals surface area contributed by atoms with Gasteiger partial charge in [-0.05, 0) is 163 Å². The molecule has 6 aromatic rings. The highest BCUT2D eigenvalue weighted by Crippen LogP contribution is 2.30. The van der Waals surface area contributed by atoms with E-state index in [2.05, 4.69) is 6.58 Å². The lowest BCUT2D eigenvalue weighted by Crippen LogP contribution is -2.11. The van der Waals surface area contributed by atoms with Crippen LogP contribution in [0.4, 0.5) is 0 Å². The average Bonchev–Trinajstić information content (AvgIpc) is 4.19. The highest BCUT2D eigenvalue weighted by atomic mass is 16.6. The number of epoxide rings is 1. The van der Waals surface area contributed by atoms with Crippen molar-refractivity contribution in [2.45, 2.75) is 96.5 Å². The molecule has 0 spiro atoms. The van der Waals surface area contributed by atoms with E-state index in [0.29, 0.717) is 66.3 Å². The van der Waals surface area contributed by atoms with Gasteiger partial charge in [0.25, 0.3) is 0 Å². The van der Waals surface area contributed by atoms with E-state index in [1.807, 2.05) is 31.2 Å². The zero-order valence-electron chi connectivity index (χ0n) is 38.8. The number of carbonyl (C=O) groups excluding carboxylic acids is 4. The number of ether oxygens (including phenoxy) is 7. The summed E-state index contributed by atoms with van der Waals surface area (Å²) in [5, 5.41) is 3.35. The first-order chi connectivity index (χ1) is 33.2. The van der Waals surface area contributed by atoms with Crippen LogP contribution in [0.5, 0.6) is 28.7 Å². The Labute approximate surface area is 398 Å². The van der Waals surface area contributed by atoms with Crippen molar-refractivity contribution >= 4 is 45.4 Å². The molecule has 11 nitrogen and oxygen atoms in total. The van der Waals surface area contributed by atoms with Crippen LogP contribution in [0.1, 0.15) is 121 Å². The lowest BCUT2D eigenvalue weighted by Gasteiger charge is -2.13. The second-order valence-corrected chi connectivity index (χ2v) is 17.0. The Morgan fingerprint density at radius 1 is 0.529 bits per heavy atom. The van der Waals surface area contributed by atoms with Crippen LogP contribution in [0.3, 0.4) is 0 Å². The van der Waals surface area contributed by atoms with Gasteiger partial charge in [-0.2, -0.15) is 0 Å². The molecule has 0 N–H and O–H groups in total. The molecule has 1 aliphatic rings. The molecule has 0 amide bonds. The predicted molar refractivity (Wildman–Crippen MR) is 262 cm³/mol. The van der Waals surface area contributed by atoms with Crippen molar-refractivity contribution < 1.29 is 52.3 Å². The second kappa shape index (κ2) is 25.2. The van der Waals surface area contributed by atoms with Crippen molar-refractivity contribution in [3.8, 4) is 28.7 Å². The summed E-state index contributed by atoms with van der Waals surface area (Å²) >= 11 is 0. The Morgan fingerprint density at radius 3 is 1.63 bits per heavy atom. The Morgan fingerprint density at radius 2 is 1.00 bits per heavy atom. The minimum atomic E-state index is -0.534. The SMILES string of the molecule is C=CC(=O)OCCCCCCOc1ccc2cc(C(=O)Oc3ccc(OC(=O)c4ccc5cc(OC(=O)c6ccc(OCCCCCCCCC7CO7)cc6)ccc5c4)c(CCC)c3)ccc2c1. The summed E-state index contributed by atoms with van der Waals surface area (Å²) in [5.41, 5.74) is 1.89. The molecule has 0 aromatic heterocycles. The smallest absolute Gasteiger partial charge is 0.343 e. The van der Waals surface area contributed by atoms with E-state index in [9.17, 15) is 19.2 Å². The van der Waals surface area contributed by atoms with Gasteiger partial charge in [0.1, 0.15) is 28.7 Å². The number of esters is 4. The topological polar surface area (TPSA) is 136 Å². The maximum Gasteiger partial charge on any atom is 0.343 e. The van der Waals surface area contributed by atoms with Gasteiger partial charge in [0.2, 0.25) is 0 Å². The molecule has 7 rings (SSSR count). The molecule has 1 saturated heterocycles. The molecular weight excluding hydrogens is 861 g/mol. The van der Waals surface area contributed by atoms with Gasteiger partial charge in [0, 0.05) is 6.08 Å². The van der Waals surface area contributed by atoms with Crippen LogP contribution in [0.2, 0.25) is 0 Å². The molecule has 1 heterocycles. The van der Waals surface area contributed by atoms with Crippen molar-refractivity contribution in [2.75, 3.05) is 26.4 Å². The molecule has 0 aliphatic carbocycles. The quantitative estimate of drug-likeness (QED) is 0.0160. The zero-order chi connectivity index (χ0) is 47.5. The van der Waals surface area contributed by atoms with Gasteiger partial charge in [-0.15, -0.1) is 0 Å². The summed E-state index contributed by atoms with van der Waals surface area (Å²) in [5.74, 6) is 0.638. The third kappa shape index (κ3) is 15.0. The van der Waals surface area contributed by atoms with Crippen LogP contribution in [-0.4, -0.2) is 56.4 Å². The Hall–Kier alpha value is -6.98. The normalized spacial score (nSPS) is 12.9.